The predicted molar refractivity (Wildman–Crippen MR) is 185 cm³/mol. The molecule has 38 heavy (non-hydrogen) atoms. The first-order valence-corrected chi connectivity index (χ1v) is 50.7. The molecule has 0 aliphatic rings. The van der Waals surface area contributed by atoms with Gasteiger partial charge in [-0.3, -0.25) is 0 Å². The lowest BCUT2D eigenvalue weighted by Gasteiger charge is -2.59. The first kappa shape index (κ1) is 40.7. The van der Waals surface area contributed by atoms with Gasteiger partial charge in [0, 0.05) is 7.11 Å². The van der Waals surface area contributed by atoms with E-state index in [1.54, 1.807) is 0 Å². The summed E-state index contributed by atoms with van der Waals surface area (Å²) in [5.41, 5.74) is 0. The Balaban J connectivity index is 8.29. The van der Waals surface area contributed by atoms with E-state index < -0.39 is 119 Å². The third-order valence-electron chi connectivity index (χ3n) is 6.18. The maximum absolute atomic E-state index is 11.4. The summed E-state index contributed by atoms with van der Waals surface area (Å²) in [4.78, 5) is 76.1. The van der Waals surface area contributed by atoms with Crippen molar-refractivity contribution in [3.63, 3.8) is 0 Å². The van der Waals surface area contributed by atoms with Crippen LogP contribution in [0.5, 0.6) is 0 Å². The van der Waals surface area contributed by atoms with Crippen LogP contribution in [0, 0.1) is 0 Å². The van der Waals surface area contributed by atoms with Crippen molar-refractivity contribution in [2.24, 2.45) is 0 Å². The fraction of sp³-hybridized carbons (Fsp3) is 1.00. The van der Waals surface area contributed by atoms with Gasteiger partial charge in [0.05, 0.1) is 0 Å². The average Bonchev–Trinajstić information content (AvgIpc) is 2.81. The molecular formula is C9H50O14Si15. The highest BCUT2D eigenvalue weighted by Gasteiger charge is 2.82. The van der Waals surface area contributed by atoms with Crippen LogP contribution in [0.2, 0.25) is 52.4 Å². The monoisotopic (exact) mass is 802 g/mol. The summed E-state index contributed by atoms with van der Waals surface area (Å²) in [7, 11) is -31.2. The molecule has 0 radical (unpaired) electrons. The number of hydrogen-bond acceptors (Lipinski definition) is 14. The Morgan fingerprint density at radius 3 is 1.53 bits per heavy atom. The molecule has 0 aliphatic heterocycles. The fourth-order valence-electron chi connectivity index (χ4n) is 4.41. The second-order valence-electron chi connectivity index (χ2n) is 10.9. The second kappa shape index (κ2) is 16.1. The van der Waals surface area contributed by atoms with Crippen LogP contribution in [0.4, 0.5) is 0 Å². The van der Waals surface area contributed by atoms with Gasteiger partial charge < -0.3 is 62.7 Å². The van der Waals surface area contributed by atoms with Crippen LogP contribution in [0.25, 0.3) is 0 Å². The van der Waals surface area contributed by atoms with Crippen molar-refractivity contribution in [2.75, 3.05) is 7.11 Å². The number of rotatable bonds is 20. The van der Waals surface area contributed by atoms with Crippen LogP contribution in [-0.4, -0.2) is 171 Å². The van der Waals surface area contributed by atoms with Crippen molar-refractivity contribution in [2.45, 2.75) is 52.4 Å². The van der Waals surface area contributed by atoms with E-state index in [0.717, 1.165) is 0 Å². The van der Waals surface area contributed by atoms with Gasteiger partial charge in [0.25, 0.3) is 23.7 Å². The molecule has 7 N–H and O–H groups in total. The molecule has 0 aromatic carbocycles. The molecule has 0 saturated heterocycles. The van der Waals surface area contributed by atoms with Crippen molar-refractivity contribution in [1.29, 1.82) is 0 Å². The highest BCUT2D eigenvalue weighted by atomic mass is 30.2. The SMILES string of the molecule is CO[Si](C)(C)[Si](O[SiH2]O)([SiH2]O)[Si](O[Si](C)(C)O[Si](C)(C)C)(O[Si](O[SiH3])([SiH2]O)[SiH2]O)[Si](O[SiH](C)O)([SiH2]O)[SiH2]O. The molecule has 14 nitrogen and oxygen atoms in total. The minimum atomic E-state index is -4.41. The van der Waals surface area contributed by atoms with Gasteiger partial charge in [-0.25, -0.2) is 0 Å². The van der Waals surface area contributed by atoms with Crippen LogP contribution in [-0.2, 0) is 29.1 Å². The van der Waals surface area contributed by atoms with Gasteiger partial charge in [0.1, 0.15) is 10.5 Å². The average molecular weight is 804 g/mol. The zero-order valence-electron chi connectivity index (χ0n) is 24.3. The summed E-state index contributed by atoms with van der Waals surface area (Å²) in [6.07, 6.45) is 0. The molecule has 0 spiro atoms. The minimum absolute atomic E-state index is 0.147. The molecule has 0 aliphatic carbocycles. The summed E-state index contributed by atoms with van der Waals surface area (Å²) in [6.45, 7) is 7.01. The molecule has 0 aromatic rings. The molecule has 0 heterocycles. The summed E-state index contributed by atoms with van der Waals surface area (Å²) in [5, 5.41) is 0. The molecule has 0 saturated carbocycles. The molecule has 0 bridgehead atoms. The van der Waals surface area contributed by atoms with Crippen LogP contribution in [0.1, 0.15) is 0 Å². The van der Waals surface area contributed by atoms with Crippen LogP contribution in [0.15, 0.2) is 0 Å². The Labute approximate surface area is 250 Å². The zero-order chi connectivity index (χ0) is 30.3. The van der Waals surface area contributed by atoms with Gasteiger partial charge in [-0.2, -0.15) is 0 Å². The lowest BCUT2D eigenvalue weighted by Crippen LogP contribution is -2.98. The van der Waals surface area contributed by atoms with Gasteiger partial charge in [-0.1, -0.05) is 0 Å². The van der Waals surface area contributed by atoms with Crippen LogP contribution in [0.3, 0.4) is 0 Å². The largest absolute Gasteiger partial charge is 0.447 e. The normalized spacial score (nSPS) is 22.7. The lowest BCUT2D eigenvalue weighted by atomic mass is 11.8. The molecule has 0 aromatic heterocycles. The predicted octanol–water partition coefficient (Wildman–Crippen LogP) is -9.54. The third kappa shape index (κ3) is 9.11. The first-order valence-electron chi connectivity index (χ1n) is 12.1. The van der Waals surface area contributed by atoms with Crippen LogP contribution < -0.4 is 0 Å². The third-order valence-corrected chi connectivity index (χ3v) is 135. The maximum atomic E-state index is 11.4. The van der Waals surface area contributed by atoms with E-state index in [1.807, 2.05) is 45.8 Å². The van der Waals surface area contributed by atoms with E-state index in [2.05, 4.69) is 0 Å². The van der Waals surface area contributed by atoms with E-state index in [9.17, 15) is 33.6 Å². The van der Waals surface area contributed by atoms with Crippen LogP contribution >= 0.6 is 0 Å². The van der Waals surface area contributed by atoms with E-state index >= 15 is 0 Å². The van der Waals surface area contributed by atoms with Crippen molar-refractivity contribution in [3.05, 3.63) is 0 Å². The van der Waals surface area contributed by atoms with E-state index in [1.165, 1.54) is 13.7 Å². The van der Waals surface area contributed by atoms with Crippen molar-refractivity contribution >= 4 is 130 Å². The summed E-state index contributed by atoms with van der Waals surface area (Å²) < 4.78 is 45.3. The molecule has 0 rings (SSSR count). The molecule has 0 amide bonds. The first-order chi connectivity index (χ1) is 17.3. The molecular weight excluding hydrogens is 753 g/mol. The van der Waals surface area contributed by atoms with Gasteiger partial charge in [0.15, 0.2) is 36.2 Å². The van der Waals surface area contributed by atoms with Gasteiger partial charge in [-0.05, 0) is 52.4 Å². The molecule has 3 unspecified atom stereocenters. The Hall–Kier alpha value is 2.69. The fourth-order valence-corrected chi connectivity index (χ4v) is 197. The van der Waals surface area contributed by atoms with E-state index in [0.29, 0.717) is 0 Å². The molecule has 230 valence electrons. The van der Waals surface area contributed by atoms with Gasteiger partial charge in [-0.15, -0.1) is 0 Å². The summed E-state index contributed by atoms with van der Waals surface area (Å²) >= 11 is 0. The zero-order valence-corrected chi connectivity index (χ0v) is 42.9. The molecule has 29 heteroatoms. The standard InChI is InChI=1S/C9H50O14Si15/c1-17-34(8,9)38(30-15,19-25-10)36(23-35(18-24,26-11)27-12,22-33(6,7)21-32(3,4)5)37(28-13,29-14)20-31(2)16/h10-16,31H,25-30H2,1-9,24H3. The van der Waals surface area contributed by atoms with E-state index in [-0.39, 0.29) is 10.5 Å². The second-order valence-corrected chi connectivity index (χ2v) is 90.9. The van der Waals surface area contributed by atoms with Crippen molar-refractivity contribution in [3.8, 4) is 0 Å². The number of hydrogen-bond donors (Lipinski definition) is 7. The smallest absolute Gasteiger partial charge is 0.338 e. The lowest BCUT2D eigenvalue weighted by molar-refractivity contribution is 0.315. The van der Waals surface area contributed by atoms with Crippen molar-refractivity contribution < 1.29 is 62.7 Å². The highest BCUT2D eigenvalue weighted by molar-refractivity contribution is 7.99. The Morgan fingerprint density at radius 1 is 0.737 bits per heavy atom. The quantitative estimate of drug-likeness (QED) is 0.0572. The minimum Gasteiger partial charge on any atom is -0.447 e. The summed E-state index contributed by atoms with van der Waals surface area (Å²) in [6, 6.07) is 0. The van der Waals surface area contributed by atoms with Gasteiger partial charge >= 0.3 is 33.0 Å². The molecule has 0 fully saturated rings. The summed E-state index contributed by atoms with van der Waals surface area (Å²) in [5.74, 6) is 0. The Kier molecular flexibility index (Phi) is 17.3. The Morgan fingerprint density at radius 2 is 1.24 bits per heavy atom. The van der Waals surface area contributed by atoms with Gasteiger partial charge in [0.2, 0.25) is 26.4 Å². The topological polar surface area (TPSA) is 206 Å². The maximum Gasteiger partial charge on any atom is 0.338 e. The van der Waals surface area contributed by atoms with E-state index in [4.69, 9.17) is 29.1 Å². The Bertz CT molecular complexity index is 699. The molecule has 3 atom stereocenters. The highest BCUT2D eigenvalue weighted by Crippen LogP contribution is 2.41. The van der Waals surface area contributed by atoms with Crippen molar-refractivity contribution in [1.82, 2.24) is 0 Å².